The monoisotopic (exact) mass is 357 g/mol. The van der Waals surface area contributed by atoms with Crippen LogP contribution in [-0.4, -0.2) is 18.2 Å². The van der Waals surface area contributed by atoms with Crippen molar-refractivity contribution in [2.75, 3.05) is 0 Å². The Labute approximate surface area is 140 Å². The number of hydrogen-bond donors (Lipinski definition) is 1. The second-order valence-electron chi connectivity index (χ2n) is 6.39. The SMILES string of the molecule is Brc1cc(O[C@@H]2C[C@H]3CC[C@@H](C2)N3)cc(-c2ccccc2)c1. The Morgan fingerprint density at radius 3 is 2.36 bits per heavy atom. The van der Waals surface area contributed by atoms with Crippen molar-refractivity contribution in [3.63, 3.8) is 0 Å². The molecular weight excluding hydrogens is 338 g/mol. The van der Waals surface area contributed by atoms with Crippen molar-refractivity contribution in [1.82, 2.24) is 5.32 Å². The second kappa shape index (κ2) is 6.05. The van der Waals surface area contributed by atoms with Gasteiger partial charge in [0.05, 0.1) is 0 Å². The molecule has 0 unspecified atom stereocenters. The zero-order valence-electron chi connectivity index (χ0n) is 12.5. The smallest absolute Gasteiger partial charge is 0.121 e. The fourth-order valence-electron chi connectivity index (χ4n) is 3.72. The standard InChI is InChI=1S/C19H20BrNO/c20-15-8-14(13-4-2-1-3-5-13)9-18(10-15)22-19-11-16-6-7-17(12-19)21-16/h1-5,8-10,16-17,19,21H,6-7,11-12H2/t16-,17+,19-. The van der Waals surface area contributed by atoms with Crippen LogP contribution in [0.4, 0.5) is 0 Å². The van der Waals surface area contributed by atoms with E-state index in [1.54, 1.807) is 0 Å². The Morgan fingerprint density at radius 2 is 1.64 bits per heavy atom. The van der Waals surface area contributed by atoms with E-state index in [1.165, 1.54) is 24.0 Å². The lowest BCUT2D eigenvalue weighted by atomic mass is 10.0. The Bertz CT molecular complexity index is 646. The summed E-state index contributed by atoms with van der Waals surface area (Å²) < 4.78 is 7.38. The minimum atomic E-state index is 0.344. The first-order chi connectivity index (χ1) is 10.8. The van der Waals surface area contributed by atoms with E-state index >= 15 is 0 Å². The predicted octanol–water partition coefficient (Wildman–Crippen LogP) is 4.78. The number of hydrogen-bond acceptors (Lipinski definition) is 2. The van der Waals surface area contributed by atoms with Gasteiger partial charge in [-0.2, -0.15) is 0 Å². The third kappa shape index (κ3) is 3.06. The van der Waals surface area contributed by atoms with Crippen LogP contribution < -0.4 is 10.1 Å². The lowest BCUT2D eigenvalue weighted by molar-refractivity contribution is 0.137. The minimum absolute atomic E-state index is 0.344. The van der Waals surface area contributed by atoms with Gasteiger partial charge >= 0.3 is 0 Å². The maximum Gasteiger partial charge on any atom is 0.121 e. The van der Waals surface area contributed by atoms with Crippen LogP contribution in [0.5, 0.6) is 5.75 Å². The highest BCUT2D eigenvalue weighted by Gasteiger charge is 2.34. The quantitative estimate of drug-likeness (QED) is 0.853. The van der Waals surface area contributed by atoms with Gasteiger partial charge in [0.25, 0.3) is 0 Å². The molecule has 1 N–H and O–H groups in total. The van der Waals surface area contributed by atoms with E-state index in [4.69, 9.17) is 4.74 Å². The highest BCUT2D eigenvalue weighted by molar-refractivity contribution is 9.10. The summed E-state index contributed by atoms with van der Waals surface area (Å²) in [6.07, 6.45) is 5.21. The number of benzene rings is 2. The molecule has 2 aliphatic rings. The maximum absolute atomic E-state index is 6.31. The molecule has 4 rings (SSSR count). The van der Waals surface area contributed by atoms with Crippen molar-refractivity contribution in [2.24, 2.45) is 0 Å². The Balaban J connectivity index is 1.56. The molecule has 2 aromatic rings. The van der Waals surface area contributed by atoms with E-state index in [1.807, 2.05) is 6.07 Å². The molecule has 2 saturated heterocycles. The van der Waals surface area contributed by atoms with E-state index in [2.05, 4.69) is 63.7 Å². The first kappa shape index (κ1) is 14.3. The normalized spacial score (nSPS) is 26.9. The lowest BCUT2D eigenvalue weighted by Gasteiger charge is -2.29. The molecule has 0 spiro atoms. The highest BCUT2D eigenvalue weighted by atomic mass is 79.9. The number of fused-ring (bicyclic) bond motifs is 2. The Hall–Kier alpha value is -1.32. The van der Waals surface area contributed by atoms with Gasteiger partial charge in [-0.3, -0.25) is 0 Å². The molecule has 0 amide bonds. The van der Waals surface area contributed by atoms with Gasteiger partial charge in [-0.25, -0.2) is 0 Å². The van der Waals surface area contributed by atoms with Gasteiger partial charge in [0, 0.05) is 16.6 Å². The zero-order chi connectivity index (χ0) is 14.9. The van der Waals surface area contributed by atoms with Crippen molar-refractivity contribution in [1.29, 1.82) is 0 Å². The first-order valence-corrected chi connectivity index (χ1v) is 8.84. The van der Waals surface area contributed by atoms with Crippen LogP contribution in [0, 0.1) is 0 Å². The number of ether oxygens (including phenoxy) is 1. The van der Waals surface area contributed by atoms with Gasteiger partial charge in [-0.15, -0.1) is 0 Å². The topological polar surface area (TPSA) is 21.3 Å². The molecule has 2 aliphatic heterocycles. The van der Waals surface area contributed by atoms with E-state index in [9.17, 15) is 0 Å². The number of halogens is 1. The average molecular weight is 358 g/mol. The Kier molecular flexibility index (Phi) is 3.93. The van der Waals surface area contributed by atoms with Crippen LogP contribution in [-0.2, 0) is 0 Å². The number of rotatable bonds is 3. The van der Waals surface area contributed by atoms with Crippen LogP contribution >= 0.6 is 15.9 Å². The highest BCUT2D eigenvalue weighted by Crippen LogP contribution is 2.33. The molecule has 0 aliphatic carbocycles. The lowest BCUT2D eigenvalue weighted by Crippen LogP contribution is -2.42. The van der Waals surface area contributed by atoms with Gasteiger partial charge in [0.2, 0.25) is 0 Å². The van der Waals surface area contributed by atoms with Crippen LogP contribution in [0.15, 0.2) is 53.0 Å². The van der Waals surface area contributed by atoms with Crippen molar-refractivity contribution < 1.29 is 4.74 Å². The maximum atomic E-state index is 6.31. The number of piperidine rings is 1. The largest absolute Gasteiger partial charge is 0.490 e. The summed E-state index contributed by atoms with van der Waals surface area (Å²) in [5, 5.41) is 3.67. The summed E-state index contributed by atoms with van der Waals surface area (Å²) >= 11 is 3.62. The summed E-state index contributed by atoms with van der Waals surface area (Å²) in [5.74, 6) is 0.972. The molecule has 3 atom stereocenters. The Morgan fingerprint density at radius 1 is 0.909 bits per heavy atom. The van der Waals surface area contributed by atoms with E-state index < -0.39 is 0 Å². The summed E-state index contributed by atoms with van der Waals surface area (Å²) in [7, 11) is 0. The second-order valence-corrected chi connectivity index (χ2v) is 7.31. The summed E-state index contributed by atoms with van der Waals surface area (Å²) in [6.45, 7) is 0. The van der Waals surface area contributed by atoms with Gasteiger partial charge in [0.15, 0.2) is 0 Å². The van der Waals surface area contributed by atoms with Gasteiger partial charge < -0.3 is 10.1 Å². The molecule has 2 nitrogen and oxygen atoms in total. The van der Waals surface area contributed by atoms with Gasteiger partial charge in [-0.05, 0) is 55.0 Å². The first-order valence-electron chi connectivity index (χ1n) is 8.05. The summed E-state index contributed by atoms with van der Waals surface area (Å²) in [5.41, 5.74) is 2.42. The molecule has 0 radical (unpaired) electrons. The molecular formula is C19H20BrNO. The molecule has 2 fully saturated rings. The third-order valence-corrected chi connectivity index (χ3v) is 5.17. The molecule has 22 heavy (non-hydrogen) atoms. The third-order valence-electron chi connectivity index (χ3n) is 4.71. The van der Waals surface area contributed by atoms with Crippen molar-refractivity contribution >= 4 is 15.9 Å². The van der Waals surface area contributed by atoms with E-state index in [0.717, 1.165) is 23.1 Å². The molecule has 2 heterocycles. The van der Waals surface area contributed by atoms with E-state index in [0.29, 0.717) is 18.2 Å². The molecule has 0 aromatic heterocycles. The van der Waals surface area contributed by atoms with Crippen LogP contribution in [0.25, 0.3) is 11.1 Å². The van der Waals surface area contributed by atoms with Gasteiger partial charge in [0.1, 0.15) is 11.9 Å². The fourth-order valence-corrected chi connectivity index (χ4v) is 4.19. The molecule has 2 aromatic carbocycles. The van der Waals surface area contributed by atoms with Crippen LogP contribution in [0.3, 0.4) is 0 Å². The van der Waals surface area contributed by atoms with E-state index in [-0.39, 0.29) is 0 Å². The molecule has 114 valence electrons. The molecule has 2 bridgehead atoms. The van der Waals surface area contributed by atoms with Crippen LogP contribution in [0.2, 0.25) is 0 Å². The van der Waals surface area contributed by atoms with Crippen molar-refractivity contribution in [3.05, 3.63) is 53.0 Å². The van der Waals surface area contributed by atoms with Gasteiger partial charge in [-0.1, -0.05) is 46.3 Å². The minimum Gasteiger partial charge on any atom is -0.490 e. The zero-order valence-corrected chi connectivity index (χ0v) is 14.1. The fraction of sp³-hybridized carbons (Fsp3) is 0.368. The molecule has 0 saturated carbocycles. The van der Waals surface area contributed by atoms with Crippen molar-refractivity contribution in [2.45, 2.75) is 43.9 Å². The van der Waals surface area contributed by atoms with Crippen molar-refractivity contribution in [3.8, 4) is 16.9 Å². The summed E-state index contributed by atoms with van der Waals surface area (Å²) in [6, 6.07) is 18.2. The number of nitrogens with one attached hydrogen (secondary N) is 1. The molecule has 3 heteroatoms. The average Bonchev–Trinajstić information content (AvgIpc) is 2.86. The predicted molar refractivity (Wildman–Crippen MR) is 93.2 cm³/mol. The summed E-state index contributed by atoms with van der Waals surface area (Å²) in [4.78, 5) is 0. The van der Waals surface area contributed by atoms with Crippen LogP contribution in [0.1, 0.15) is 25.7 Å².